The van der Waals surface area contributed by atoms with Crippen molar-refractivity contribution in [2.24, 2.45) is 5.92 Å². The van der Waals surface area contributed by atoms with Crippen LogP contribution in [0.4, 0.5) is 0 Å². The molecule has 0 radical (unpaired) electrons. The summed E-state index contributed by atoms with van der Waals surface area (Å²) in [6.07, 6.45) is 1.79. The number of hydrogen-bond acceptors (Lipinski definition) is 13. The highest BCUT2D eigenvalue weighted by Gasteiger charge is 2.40. The molecule has 2 aromatic rings. The lowest BCUT2D eigenvalue weighted by molar-refractivity contribution is -0.162. The molecule has 1 aromatic heterocycles. The molecule has 14 heteroatoms. The van der Waals surface area contributed by atoms with Gasteiger partial charge < -0.3 is 38.5 Å². The van der Waals surface area contributed by atoms with Crippen molar-refractivity contribution in [2.45, 2.75) is 38.5 Å². The Morgan fingerprint density at radius 3 is 2.60 bits per heavy atom. The van der Waals surface area contributed by atoms with Gasteiger partial charge in [-0.2, -0.15) is 0 Å². The number of aromatic nitrogens is 1. The van der Waals surface area contributed by atoms with E-state index in [0.29, 0.717) is 13.0 Å². The fourth-order valence-corrected chi connectivity index (χ4v) is 4.49. The van der Waals surface area contributed by atoms with Crippen molar-refractivity contribution in [2.75, 3.05) is 45.9 Å². The van der Waals surface area contributed by atoms with E-state index >= 15 is 0 Å². The van der Waals surface area contributed by atoms with Crippen LogP contribution in [0.3, 0.4) is 0 Å². The predicted octanol–water partition coefficient (Wildman–Crippen LogP) is 2.16. The molecular weight excluding hydrogens is 584 g/mol. The predicted molar refractivity (Wildman–Crippen MR) is 154 cm³/mol. The van der Waals surface area contributed by atoms with Crippen LogP contribution in [0, 0.1) is 5.92 Å². The van der Waals surface area contributed by atoms with E-state index in [1.165, 1.54) is 31.1 Å². The third-order valence-corrected chi connectivity index (χ3v) is 6.65. The minimum Gasteiger partial charge on any atom is -0.493 e. The molecule has 0 aliphatic carbocycles. The number of hydrogen-bond donors (Lipinski definition) is 1. The molecule has 3 rings (SSSR count). The summed E-state index contributed by atoms with van der Waals surface area (Å²) < 4.78 is 37.9. The van der Waals surface area contributed by atoms with E-state index in [4.69, 9.17) is 33.2 Å². The van der Waals surface area contributed by atoms with E-state index < -0.39 is 61.4 Å². The van der Waals surface area contributed by atoms with Crippen molar-refractivity contribution in [1.82, 2.24) is 10.3 Å². The van der Waals surface area contributed by atoms with Crippen LogP contribution in [0.5, 0.6) is 11.5 Å². The molecule has 0 bridgehead atoms. The summed E-state index contributed by atoms with van der Waals surface area (Å²) >= 11 is 1.41. The van der Waals surface area contributed by atoms with Gasteiger partial charge in [0, 0.05) is 18.9 Å². The molecule has 0 unspecified atom stereocenters. The molecule has 1 aliphatic heterocycles. The lowest BCUT2D eigenvalue weighted by Gasteiger charge is -2.29. The van der Waals surface area contributed by atoms with Crippen LogP contribution in [0.1, 0.15) is 29.9 Å². The number of carbonyl (C=O) groups excluding carboxylic acids is 4. The Bertz CT molecular complexity index is 1230. The van der Waals surface area contributed by atoms with Crippen molar-refractivity contribution in [3.8, 4) is 11.5 Å². The van der Waals surface area contributed by atoms with Crippen LogP contribution in [-0.2, 0) is 44.5 Å². The van der Waals surface area contributed by atoms with Gasteiger partial charge in [0.1, 0.15) is 25.4 Å². The van der Waals surface area contributed by atoms with Gasteiger partial charge in [-0.3, -0.25) is 9.59 Å². The lowest BCUT2D eigenvalue weighted by Crippen LogP contribution is -2.46. The molecule has 1 fully saturated rings. The van der Waals surface area contributed by atoms with Gasteiger partial charge >= 0.3 is 17.9 Å². The summed E-state index contributed by atoms with van der Waals surface area (Å²) in [5, 5.41) is 2.50. The van der Waals surface area contributed by atoms with Gasteiger partial charge in [-0.05, 0) is 32.1 Å². The van der Waals surface area contributed by atoms with E-state index in [-0.39, 0.29) is 29.7 Å². The Morgan fingerprint density at radius 1 is 1.14 bits per heavy atom. The second-order valence-electron chi connectivity index (χ2n) is 9.24. The normalized spacial score (nSPS) is 20.5. The molecule has 234 valence electrons. The Hall–Kier alpha value is -3.88. The Kier molecular flexibility index (Phi) is 13.5. The maximum atomic E-state index is 13.3. The number of amides is 1. The fourth-order valence-electron chi connectivity index (χ4n) is 4.20. The third kappa shape index (κ3) is 9.83. The average molecular weight is 621 g/mol. The summed E-state index contributed by atoms with van der Waals surface area (Å²) in [4.78, 5) is 55.7. The minimum atomic E-state index is -1.37. The second kappa shape index (κ2) is 17.3. The van der Waals surface area contributed by atoms with Crippen molar-refractivity contribution >= 4 is 35.6 Å². The van der Waals surface area contributed by atoms with Gasteiger partial charge in [-0.15, -0.1) is 11.8 Å². The molecule has 4 atom stereocenters. The van der Waals surface area contributed by atoms with Crippen molar-refractivity contribution in [3.05, 3.63) is 53.9 Å². The van der Waals surface area contributed by atoms with Crippen LogP contribution < -0.4 is 14.8 Å². The minimum absolute atomic E-state index is 0.121. The summed E-state index contributed by atoms with van der Waals surface area (Å²) in [5.41, 5.74) is 0.611. The topological polar surface area (TPSA) is 158 Å². The molecule has 1 N–H and O–H groups in total. The zero-order valence-electron chi connectivity index (χ0n) is 24.4. The van der Waals surface area contributed by atoms with E-state index in [1.54, 1.807) is 13.8 Å². The first kappa shape index (κ1) is 33.6. The maximum absolute atomic E-state index is 13.3. The highest BCUT2D eigenvalue weighted by Crippen LogP contribution is 2.30. The largest absolute Gasteiger partial charge is 0.493 e. The fraction of sp³-hybridized carbons (Fsp3) is 0.483. The molecule has 43 heavy (non-hydrogen) atoms. The van der Waals surface area contributed by atoms with Gasteiger partial charge in [0.25, 0.3) is 5.91 Å². The Balaban J connectivity index is 1.78. The summed E-state index contributed by atoms with van der Waals surface area (Å²) in [6.45, 7) is 2.36. The van der Waals surface area contributed by atoms with Crippen LogP contribution >= 0.6 is 11.8 Å². The Labute approximate surface area is 253 Å². The van der Waals surface area contributed by atoms with E-state index in [1.807, 2.05) is 36.6 Å². The highest BCUT2D eigenvalue weighted by atomic mass is 32.2. The van der Waals surface area contributed by atoms with Crippen LogP contribution in [-0.4, -0.2) is 93.0 Å². The molecule has 0 spiro atoms. The third-order valence-electron chi connectivity index (χ3n) is 6.27. The smallest absolute Gasteiger partial charge is 0.334 e. The summed E-state index contributed by atoms with van der Waals surface area (Å²) in [7, 11) is 1.35. The molecule has 2 heterocycles. The van der Waals surface area contributed by atoms with Gasteiger partial charge in [-0.25, -0.2) is 14.6 Å². The van der Waals surface area contributed by atoms with Gasteiger partial charge in [0.05, 0.1) is 19.0 Å². The van der Waals surface area contributed by atoms with E-state index in [9.17, 15) is 19.2 Å². The van der Waals surface area contributed by atoms with Crippen LogP contribution in [0.2, 0.25) is 0 Å². The van der Waals surface area contributed by atoms with Crippen molar-refractivity contribution in [1.29, 1.82) is 0 Å². The number of pyridine rings is 1. The standard InChI is InChI=1S/C29H36N2O11S/c1-5-37-15-23(32)39-16-40-26-22(36-3)11-12-30-24(26)27(33)31-21-14-38-28(34)20(13-19-9-7-6-8-10-19)25(41-17-43-4)18(2)42-29(21)35/h6-12,18,20-21,25H,5,13-17H2,1-4H3,(H,31,33)/t18-,20+,21-,25-/m0/s1. The molecule has 1 amide bonds. The number of ether oxygens (including phenoxy) is 7. The molecule has 1 aromatic carbocycles. The zero-order valence-corrected chi connectivity index (χ0v) is 25.3. The maximum Gasteiger partial charge on any atom is 0.334 e. The SMILES string of the molecule is CCOCC(=O)OCOc1c(OC)ccnc1C(=O)N[C@H]1COC(=O)[C@H](Cc2ccccc2)[C@@H](OCSC)[C@H](C)OC1=O. The number of rotatable bonds is 14. The molecular formula is C29H36N2O11S. The monoisotopic (exact) mass is 620 g/mol. The van der Waals surface area contributed by atoms with Crippen molar-refractivity contribution < 1.29 is 52.3 Å². The zero-order chi connectivity index (χ0) is 31.2. The van der Waals surface area contributed by atoms with Crippen molar-refractivity contribution in [3.63, 3.8) is 0 Å². The number of methoxy groups -OCH3 is 1. The highest BCUT2D eigenvalue weighted by molar-refractivity contribution is 7.98. The quantitative estimate of drug-likeness (QED) is 0.186. The van der Waals surface area contributed by atoms with E-state index in [2.05, 4.69) is 10.3 Å². The number of nitrogens with one attached hydrogen (secondary N) is 1. The van der Waals surface area contributed by atoms with Gasteiger partial charge in [0.2, 0.25) is 6.79 Å². The molecule has 1 saturated heterocycles. The van der Waals surface area contributed by atoms with Crippen LogP contribution in [0.25, 0.3) is 0 Å². The average Bonchev–Trinajstić information content (AvgIpc) is 3.04. The van der Waals surface area contributed by atoms with Gasteiger partial charge in [-0.1, -0.05) is 30.3 Å². The number of esters is 3. The van der Waals surface area contributed by atoms with Crippen LogP contribution in [0.15, 0.2) is 42.6 Å². The number of nitrogens with zero attached hydrogens (tertiary/aromatic N) is 1. The number of cyclic esters (lactones) is 2. The lowest BCUT2D eigenvalue weighted by atomic mass is 9.91. The first-order valence-corrected chi connectivity index (χ1v) is 14.9. The number of carbonyl (C=O) groups is 4. The number of benzene rings is 1. The summed E-state index contributed by atoms with van der Waals surface area (Å²) in [6, 6.07) is 9.41. The molecule has 0 saturated carbocycles. The van der Waals surface area contributed by atoms with Gasteiger partial charge in [0.15, 0.2) is 23.2 Å². The molecule has 1 aliphatic rings. The first-order chi connectivity index (χ1) is 20.8. The first-order valence-electron chi connectivity index (χ1n) is 13.5. The summed E-state index contributed by atoms with van der Waals surface area (Å²) in [5.74, 6) is -3.49. The second-order valence-corrected chi connectivity index (χ2v) is 10.1. The number of thioether (sulfide) groups is 1. The Morgan fingerprint density at radius 2 is 1.91 bits per heavy atom. The van der Waals surface area contributed by atoms with E-state index in [0.717, 1.165) is 5.56 Å². The molecule has 13 nitrogen and oxygen atoms in total.